The van der Waals surface area contributed by atoms with E-state index in [4.69, 9.17) is 4.74 Å². The molecule has 0 atom stereocenters. The van der Waals surface area contributed by atoms with Crippen LogP contribution in [0, 0.1) is 5.92 Å². The Hall–Kier alpha value is -2.24. The summed E-state index contributed by atoms with van der Waals surface area (Å²) in [7, 11) is 0. The van der Waals surface area contributed by atoms with E-state index in [9.17, 15) is 9.59 Å². The Morgan fingerprint density at radius 3 is 2.14 bits per heavy atom. The molecule has 1 fully saturated rings. The summed E-state index contributed by atoms with van der Waals surface area (Å²) >= 11 is 0. The fourth-order valence-electron chi connectivity index (χ4n) is 3.25. The number of nitrogens with one attached hydrogen (secondary N) is 2. The van der Waals surface area contributed by atoms with Gasteiger partial charge in [0, 0.05) is 25.2 Å². The molecule has 1 aromatic rings. The molecule has 0 aromatic heterocycles. The van der Waals surface area contributed by atoms with Crippen molar-refractivity contribution in [3.05, 3.63) is 29.8 Å². The summed E-state index contributed by atoms with van der Waals surface area (Å²) in [5.74, 6) is 0.979. The number of urea groups is 1. The minimum atomic E-state index is -0.227. The lowest BCUT2D eigenvalue weighted by molar-refractivity contribution is -0.123. The van der Waals surface area contributed by atoms with Gasteiger partial charge in [-0.05, 0) is 62.6 Å². The molecule has 2 rings (SSSR count). The normalized spacial score (nSPS) is 15.7. The number of piperidine rings is 1. The second-order valence-corrected chi connectivity index (χ2v) is 9.98. The van der Waals surface area contributed by atoms with Gasteiger partial charge in [-0.25, -0.2) is 4.79 Å². The Balaban J connectivity index is 1.67. The molecule has 1 saturated heterocycles. The van der Waals surface area contributed by atoms with Crippen LogP contribution in [0.2, 0.25) is 0 Å². The zero-order valence-corrected chi connectivity index (χ0v) is 18.8. The molecule has 1 aliphatic rings. The number of carbonyl (C=O) groups is 2. The number of hydrogen-bond donors (Lipinski definition) is 2. The monoisotopic (exact) mass is 403 g/mol. The molecule has 0 aliphatic carbocycles. The highest BCUT2D eigenvalue weighted by Gasteiger charge is 2.25. The van der Waals surface area contributed by atoms with Crippen molar-refractivity contribution in [3.8, 4) is 5.75 Å². The van der Waals surface area contributed by atoms with E-state index in [1.54, 1.807) is 0 Å². The average molecular weight is 404 g/mol. The van der Waals surface area contributed by atoms with Gasteiger partial charge in [-0.15, -0.1) is 0 Å². The van der Waals surface area contributed by atoms with E-state index in [1.165, 1.54) is 5.56 Å². The lowest BCUT2D eigenvalue weighted by Gasteiger charge is -2.34. The first-order valence-electron chi connectivity index (χ1n) is 10.5. The van der Waals surface area contributed by atoms with E-state index in [1.807, 2.05) is 49.9 Å². The molecule has 0 spiro atoms. The number of amides is 3. The molecule has 3 amide bonds. The Morgan fingerprint density at radius 1 is 1.03 bits per heavy atom. The zero-order chi connectivity index (χ0) is 21.7. The Kier molecular flexibility index (Phi) is 7.55. The second-order valence-electron chi connectivity index (χ2n) is 9.98. The molecule has 6 heteroatoms. The third-order valence-electron chi connectivity index (χ3n) is 5.06. The summed E-state index contributed by atoms with van der Waals surface area (Å²) in [6.45, 7) is 14.5. The highest BCUT2D eigenvalue weighted by Crippen LogP contribution is 2.24. The van der Waals surface area contributed by atoms with Crippen LogP contribution >= 0.6 is 0 Å². The molecular formula is C23H37N3O3. The van der Waals surface area contributed by atoms with Gasteiger partial charge in [-0.2, -0.15) is 0 Å². The maximum absolute atomic E-state index is 12.2. The molecule has 1 aromatic carbocycles. The van der Waals surface area contributed by atoms with Crippen molar-refractivity contribution in [1.82, 2.24) is 15.5 Å². The van der Waals surface area contributed by atoms with Crippen LogP contribution in [-0.2, 0) is 10.2 Å². The molecule has 0 bridgehead atoms. The van der Waals surface area contributed by atoms with Crippen LogP contribution in [0.4, 0.5) is 4.79 Å². The van der Waals surface area contributed by atoms with Gasteiger partial charge < -0.3 is 20.3 Å². The van der Waals surface area contributed by atoms with E-state index in [-0.39, 0.29) is 29.5 Å². The topological polar surface area (TPSA) is 70.7 Å². The van der Waals surface area contributed by atoms with Crippen molar-refractivity contribution in [2.75, 3.05) is 26.2 Å². The number of ether oxygens (including phenoxy) is 1. The van der Waals surface area contributed by atoms with Gasteiger partial charge in [-0.3, -0.25) is 4.79 Å². The Bertz CT molecular complexity index is 679. The quantitative estimate of drug-likeness (QED) is 0.787. The average Bonchev–Trinajstić information content (AvgIpc) is 2.63. The van der Waals surface area contributed by atoms with Crippen molar-refractivity contribution in [2.45, 2.75) is 65.3 Å². The van der Waals surface area contributed by atoms with Crippen molar-refractivity contribution in [3.63, 3.8) is 0 Å². The third-order valence-corrected chi connectivity index (χ3v) is 5.06. The second kappa shape index (κ2) is 9.51. The maximum Gasteiger partial charge on any atom is 0.317 e. The predicted molar refractivity (Wildman–Crippen MR) is 116 cm³/mol. The van der Waals surface area contributed by atoms with Crippen LogP contribution in [0.25, 0.3) is 0 Å². The zero-order valence-electron chi connectivity index (χ0n) is 18.8. The van der Waals surface area contributed by atoms with Crippen LogP contribution < -0.4 is 15.4 Å². The van der Waals surface area contributed by atoms with Gasteiger partial charge in [0.2, 0.25) is 0 Å². The van der Waals surface area contributed by atoms with Crippen LogP contribution in [0.3, 0.4) is 0 Å². The summed E-state index contributed by atoms with van der Waals surface area (Å²) in [6.07, 6.45) is 1.79. The minimum absolute atomic E-state index is 0.00846. The van der Waals surface area contributed by atoms with Crippen LogP contribution in [-0.4, -0.2) is 48.6 Å². The number of benzene rings is 1. The molecular weight excluding hydrogens is 366 g/mol. The van der Waals surface area contributed by atoms with Crippen LogP contribution in [0.15, 0.2) is 24.3 Å². The number of hydrogen-bond acceptors (Lipinski definition) is 3. The fraction of sp³-hybridized carbons (Fsp3) is 0.652. The summed E-state index contributed by atoms with van der Waals surface area (Å²) in [5.41, 5.74) is 1.10. The van der Waals surface area contributed by atoms with E-state index >= 15 is 0 Å². The van der Waals surface area contributed by atoms with Crippen molar-refractivity contribution < 1.29 is 14.3 Å². The predicted octanol–water partition coefficient (Wildman–Crippen LogP) is 3.70. The molecule has 0 radical (unpaired) electrons. The lowest BCUT2D eigenvalue weighted by atomic mass is 9.87. The summed E-state index contributed by atoms with van der Waals surface area (Å²) < 4.78 is 5.60. The molecule has 2 N–H and O–H groups in total. The first-order chi connectivity index (χ1) is 13.4. The SMILES string of the molecule is CC(C)(C)NC(=O)N1CCC(CNC(=O)COc2ccc(C(C)(C)C)cc2)CC1. The Morgan fingerprint density at radius 2 is 1.62 bits per heavy atom. The Labute approximate surface area is 175 Å². The third kappa shape index (κ3) is 7.95. The molecule has 0 saturated carbocycles. The lowest BCUT2D eigenvalue weighted by Crippen LogP contribution is -2.51. The molecule has 6 nitrogen and oxygen atoms in total. The largest absolute Gasteiger partial charge is 0.484 e. The fourth-order valence-corrected chi connectivity index (χ4v) is 3.25. The standard InChI is InChI=1S/C23H37N3O3/c1-22(2,3)18-7-9-19(10-8-18)29-16-20(27)24-15-17-11-13-26(14-12-17)21(28)25-23(4,5)6/h7-10,17H,11-16H2,1-6H3,(H,24,27)(H,25,28). The number of likely N-dealkylation sites (tertiary alicyclic amines) is 1. The van der Waals surface area contributed by atoms with Crippen LogP contribution in [0.1, 0.15) is 59.9 Å². The van der Waals surface area contributed by atoms with E-state index < -0.39 is 0 Å². The minimum Gasteiger partial charge on any atom is -0.484 e. The first-order valence-corrected chi connectivity index (χ1v) is 10.5. The molecule has 1 heterocycles. The summed E-state index contributed by atoms with van der Waals surface area (Å²) in [4.78, 5) is 26.2. The highest BCUT2D eigenvalue weighted by atomic mass is 16.5. The van der Waals surface area contributed by atoms with Crippen molar-refractivity contribution >= 4 is 11.9 Å². The van der Waals surface area contributed by atoms with E-state index in [2.05, 4.69) is 31.4 Å². The van der Waals surface area contributed by atoms with Gasteiger partial charge in [0.05, 0.1) is 0 Å². The molecule has 162 valence electrons. The van der Waals surface area contributed by atoms with Gasteiger partial charge in [0.25, 0.3) is 5.91 Å². The maximum atomic E-state index is 12.2. The number of carbonyl (C=O) groups excluding carboxylic acids is 2. The molecule has 29 heavy (non-hydrogen) atoms. The first kappa shape index (κ1) is 23.0. The summed E-state index contributed by atoms with van der Waals surface area (Å²) in [5, 5.41) is 5.96. The smallest absolute Gasteiger partial charge is 0.317 e. The summed E-state index contributed by atoms with van der Waals surface area (Å²) in [6, 6.07) is 7.89. The van der Waals surface area contributed by atoms with Gasteiger partial charge in [0.1, 0.15) is 5.75 Å². The van der Waals surface area contributed by atoms with Gasteiger partial charge in [0.15, 0.2) is 6.61 Å². The van der Waals surface area contributed by atoms with Gasteiger partial charge >= 0.3 is 6.03 Å². The van der Waals surface area contributed by atoms with Gasteiger partial charge in [-0.1, -0.05) is 32.9 Å². The highest BCUT2D eigenvalue weighted by molar-refractivity contribution is 5.77. The molecule has 1 aliphatic heterocycles. The number of nitrogens with zero attached hydrogens (tertiary/aromatic N) is 1. The van der Waals surface area contributed by atoms with Crippen molar-refractivity contribution in [1.29, 1.82) is 0 Å². The number of rotatable bonds is 5. The molecule has 0 unspecified atom stereocenters. The van der Waals surface area contributed by atoms with E-state index in [0.29, 0.717) is 18.2 Å². The van der Waals surface area contributed by atoms with E-state index in [0.717, 1.165) is 25.9 Å². The van der Waals surface area contributed by atoms with Crippen LogP contribution in [0.5, 0.6) is 5.75 Å². The van der Waals surface area contributed by atoms with Crippen molar-refractivity contribution in [2.24, 2.45) is 5.92 Å².